The molecule has 2 aliphatic rings. The van der Waals surface area contributed by atoms with Gasteiger partial charge in [0.05, 0.1) is 45.4 Å². The van der Waals surface area contributed by atoms with Crippen LogP contribution in [0.15, 0.2) is 24.4 Å². The number of amides is 1. The van der Waals surface area contributed by atoms with E-state index in [9.17, 15) is 17.6 Å². The Kier molecular flexibility index (Phi) is 7.64. The number of carbonyl (C=O) groups is 1. The highest BCUT2D eigenvalue weighted by atomic mass is 32.2. The van der Waals surface area contributed by atoms with Gasteiger partial charge in [0.1, 0.15) is 28.9 Å². The number of fused-ring (bicyclic) bond motifs is 1. The van der Waals surface area contributed by atoms with Crippen LogP contribution in [0.4, 0.5) is 16.0 Å². The maximum Gasteiger partial charge on any atom is 0.238 e. The molecule has 214 valence electrons. The second-order valence-electron chi connectivity index (χ2n) is 10.1. The molecule has 0 aliphatic carbocycles. The lowest BCUT2D eigenvalue weighted by molar-refractivity contribution is -0.143. The summed E-state index contributed by atoms with van der Waals surface area (Å²) in [6.07, 6.45) is 2.18. The molecule has 0 unspecified atom stereocenters. The monoisotopic (exact) mass is 574 g/mol. The van der Waals surface area contributed by atoms with Crippen molar-refractivity contribution in [2.24, 2.45) is 5.92 Å². The number of carbonyl (C=O) groups excluding carboxylic acids is 1. The van der Waals surface area contributed by atoms with E-state index in [-0.39, 0.29) is 35.2 Å². The maximum absolute atomic E-state index is 15.0. The third kappa shape index (κ3) is 5.87. The van der Waals surface area contributed by atoms with Crippen LogP contribution in [0.3, 0.4) is 0 Å². The summed E-state index contributed by atoms with van der Waals surface area (Å²) >= 11 is 0. The zero-order valence-electron chi connectivity index (χ0n) is 22.7. The molecule has 2 saturated heterocycles. The molecule has 3 aromatic rings. The van der Waals surface area contributed by atoms with E-state index in [1.165, 1.54) is 31.5 Å². The number of nitrogens with one attached hydrogen (secondary N) is 1. The zero-order chi connectivity index (χ0) is 28.6. The first-order chi connectivity index (χ1) is 19.0. The molecule has 1 amide bonds. The summed E-state index contributed by atoms with van der Waals surface area (Å²) in [5.74, 6) is 0.0429. The van der Waals surface area contributed by atoms with Crippen LogP contribution >= 0.6 is 0 Å². The summed E-state index contributed by atoms with van der Waals surface area (Å²) < 4.78 is 58.3. The number of benzene rings is 1. The van der Waals surface area contributed by atoms with Gasteiger partial charge in [-0.1, -0.05) is 13.8 Å². The standard InChI is InChI=1S/C26H31FN6O6S/c1-15(2)25(34)33-13-18(14-33)39-21-11-17(27)10-19-22(29-26(30-23(19)21)32-5-7-38-8-6-32)16-9-20(31-40(4,35)36)24(37-3)28-12-16/h9-12,15,18,31H,5-8,13-14H2,1-4H3. The van der Waals surface area contributed by atoms with Crippen molar-refractivity contribution in [1.29, 1.82) is 0 Å². The van der Waals surface area contributed by atoms with Gasteiger partial charge in [-0.05, 0) is 12.1 Å². The molecular formula is C26H31FN6O6S. The van der Waals surface area contributed by atoms with Crippen molar-refractivity contribution in [3.05, 3.63) is 30.2 Å². The fourth-order valence-corrected chi connectivity index (χ4v) is 5.17. The van der Waals surface area contributed by atoms with Crippen molar-refractivity contribution in [2.45, 2.75) is 20.0 Å². The molecule has 0 saturated carbocycles. The summed E-state index contributed by atoms with van der Waals surface area (Å²) in [7, 11) is -2.27. The van der Waals surface area contributed by atoms with E-state index in [0.29, 0.717) is 67.5 Å². The number of pyridine rings is 1. The summed E-state index contributed by atoms with van der Waals surface area (Å²) in [4.78, 5) is 29.7. The van der Waals surface area contributed by atoms with E-state index < -0.39 is 15.8 Å². The van der Waals surface area contributed by atoms with E-state index in [1.54, 1.807) is 4.90 Å². The number of aromatic nitrogens is 3. The topological polar surface area (TPSA) is 136 Å². The zero-order valence-corrected chi connectivity index (χ0v) is 23.5. The van der Waals surface area contributed by atoms with Crippen LogP contribution in [0, 0.1) is 11.7 Å². The van der Waals surface area contributed by atoms with Gasteiger partial charge in [0.25, 0.3) is 0 Å². The summed E-state index contributed by atoms with van der Waals surface area (Å²) in [5, 5.41) is 0.360. The number of halogens is 1. The van der Waals surface area contributed by atoms with Gasteiger partial charge in [0, 0.05) is 42.2 Å². The molecular weight excluding hydrogens is 543 g/mol. The molecule has 0 radical (unpaired) electrons. The van der Waals surface area contributed by atoms with Crippen LogP contribution in [0.5, 0.6) is 11.6 Å². The molecule has 1 N–H and O–H groups in total. The van der Waals surface area contributed by atoms with Crippen molar-refractivity contribution >= 4 is 38.5 Å². The van der Waals surface area contributed by atoms with Gasteiger partial charge in [-0.2, -0.15) is 0 Å². The number of sulfonamides is 1. The predicted molar refractivity (Wildman–Crippen MR) is 147 cm³/mol. The Morgan fingerprint density at radius 2 is 1.90 bits per heavy atom. The molecule has 0 spiro atoms. The Balaban J connectivity index is 1.61. The van der Waals surface area contributed by atoms with Crippen LogP contribution < -0.4 is 19.1 Å². The van der Waals surface area contributed by atoms with Crippen molar-refractivity contribution in [1.82, 2.24) is 19.9 Å². The molecule has 14 heteroatoms. The second-order valence-corrected chi connectivity index (χ2v) is 11.8. The van der Waals surface area contributed by atoms with Crippen LogP contribution in [0.1, 0.15) is 13.8 Å². The van der Waals surface area contributed by atoms with E-state index >= 15 is 0 Å². The summed E-state index contributed by atoms with van der Waals surface area (Å²) in [6, 6.07) is 4.12. The largest absolute Gasteiger partial charge is 0.484 e. The van der Waals surface area contributed by atoms with E-state index in [4.69, 9.17) is 24.2 Å². The Bertz CT molecular complexity index is 1540. The first-order valence-electron chi connectivity index (χ1n) is 12.8. The fourth-order valence-electron chi connectivity index (χ4n) is 4.62. The first kappa shape index (κ1) is 27.8. The number of methoxy groups -OCH3 is 1. The van der Waals surface area contributed by atoms with Gasteiger partial charge in [-0.25, -0.2) is 27.8 Å². The average molecular weight is 575 g/mol. The molecule has 0 bridgehead atoms. The molecule has 12 nitrogen and oxygen atoms in total. The number of likely N-dealkylation sites (tertiary alicyclic amines) is 1. The number of hydrogen-bond donors (Lipinski definition) is 1. The number of anilines is 2. The number of rotatable bonds is 8. The smallest absolute Gasteiger partial charge is 0.238 e. The Morgan fingerprint density at radius 1 is 1.18 bits per heavy atom. The van der Waals surface area contributed by atoms with Crippen LogP contribution in [0.25, 0.3) is 22.2 Å². The van der Waals surface area contributed by atoms with Gasteiger partial charge < -0.3 is 24.0 Å². The average Bonchev–Trinajstić information content (AvgIpc) is 2.89. The summed E-state index contributed by atoms with van der Waals surface area (Å²) in [5.41, 5.74) is 1.25. The number of morpholine rings is 1. The van der Waals surface area contributed by atoms with E-state index in [2.05, 4.69) is 9.71 Å². The third-order valence-corrected chi connectivity index (χ3v) is 7.16. The summed E-state index contributed by atoms with van der Waals surface area (Å²) in [6.45, 7) is 6.58. The minimum Gasteiger partial charge on any atom is -0.484 e. The van der Waals surface area contributed by atoms with Gasteiger partial charge in [-0.3, -0.25) is 9.52 Å². The number of ether oxygens (including phenoxy) is 3. The highest BCUT2D eigenvalue weighted by molar-refractivity contribution is 7.92. The number of hydrogen-bond acceptors (Lipinski definition) is 10. The molecule has 0 atom stereocenters. The Labute approximate surface area is 231 Å². The third-order valence-electron chi connectivity index (χ3n) is 6.57. The lowest BCUT2D eigenvalue weighted by Gasteiger charge is -2.40. The SMILES string of the molecule is COc1ncc(-c2nc(N3CCOCC3)nc3c(OC4CN(C(=O)C(C)C)C4)cc(F)cc23)cc1NS(C)(=O)=O. The maximum atomic E-state index is 15.0. The molecule has 40 heavy (non-hydrogen) atoms. The Morgan fingerprint density at radius 3 is 2.55 bits per heavy atom. The minimum atomic E-state index is -3.65. The Hall–Kier alpha value is -3.78. The van der Waals surface area contributed by atoms with Crippen LogP contribution in [-0.4, -0.2) is 93.0 Å². The van der Waals surface area contributed by atoms with Crippen LogP contribution in [0.2, 0.25) is 0 Å². The van der Waals surface area contributed by atoms with Gasteiger partial charge in [0.15, 0.2) is 0 Å². The molecule has 5 rings (SSSR count). The van der Waals surface area contributed by atoms with Crippen LogP contribution in [-0.2, 0) is 19.6 Å². The molecule has 4 heterocycles. The first-order valence-corrected chi connectivity index (χ1v) is 14.7. The predicted octanol–water partition coefficient (Wildman–Crippen LogP) is 2.29. The lowest BCUT2D eigenvalue weighted by Crippen LogP contribution is -2.57. The number of nitrogens with zero attached hydrogens (tertiary/aromatic N) is 5. The highest BCUT2D eigenvalue weighted by Gasteiger charge is 2.34. The molecule has 2 fully saturated rings. The highest BCUT2D eigenvalue weighted by Crippen LogP contribution is 2.37. The van der Waals surface area contributed by atoms with E-state index in [0.717, 1.165) is 6.26 Å². The van der Waals surface area contributed by atoms with Gasteiger partial charge in [-0.15, -0.1) is 0 Å². The lowest BCUT2D eigenvalue weighted by atomic mass is 10.1. The van der Waals surface area contributed by atoms with Crippen molar-refractivity contribution in [2.75, 3.05) is 62.4 Å². The quantitative estimate of drug-likeness (QED) is 0.427. The molecule has 2 aliphatic heterocycles. The van der Waals surface area contributed by atoms with Gasteiger partial charge in [0.2, 0.25) is 27.8 Å². The van der Waals surface area contributed by atoms with E-state index in [1.807, 2.05) is 18.7 Å². The fraction of sp³-hybridized carbons (Fsp3) is 0.462. The van der Waals surface area contributed by atoms with Crippen molar-refractivity contribution < 1.29 is 31.8 Å². The van der Waals surface area contributed by atoms with Crippen molar-refractivity contribution in [3.8, 4) is 22.9 Å². The molecule has 2 aromatic heterocycles. The normalized spacial score (nSPS) is 16.2. The minimum absolute atomic E-state index is 0.0358. The van der Waals surface area contributed by atoms with Crippen molar-refractivity contribution in [3.63, 3.8) is 0 Å². The second kappa shape index (κ2) is 11.0. The molecule has 1 aromatic carbocycles. The van der Waals surface area contributed by atoms with Gasteiger partial charge >= 0.3 is 0 Å².